The maximum Gasteiger partial charge on any atom is 0.328 e. The summed E-state index contributed by atoms with van der Waals surface area (Å²) in [5.41, 5.74) is 2.20. The molecule has 0 aromatic heterocycles. The monoisotopic (exact) mass is 250 g/mol. The molecule has 0 saturated carbocycles. The van der Waals surface area contributed by atoms with Crippen molar-refractivity contribution in [2.24, 2.45) is 5.92 Å². The molecule has 0 unspecified atom stereocenters. The number of carbonyl (C=O) groups is 1. The largest absolute Gasteiger partial charge is 0.478 e. The number of aliphatic carboxylic acids is 1. The summed E-state index contributed by atoms with van der Waals surface area (Å²) in [4.78, 5) is 10.4. The molecule has 1 N–H and O–H groups in total. The van der Waals surface area contributed by atoms with Crippen molar-refractivity contribution in [3.63, 3.8) is 0 Å². The fourth-order valence-corrected chi connectivity index (χ4v) is 2.32. The lowest BCUT2D eigenvalue weighted by atomic mass is 10.1. The van der Waals surface area contributed by atoms with Crippen LogP contribution in [0, 0.1) is 5.92 Å². The second-order valence-electron chi connectivity index (χ2n) is 4.32. The summed E-state index contributed by atoms with van der Waals surface area (Å²) >= 11 is 1.93. The predicted molar refractivity (Wildman–Crippen MR) is 74.1 cm³/mol. The van der Waals surface area contributed by atoms with Crippen LogP contribution in [0.2, 0.25) is 0 Å². The van der Waals surface area contributed by atoms with Crippen LogP contribution in [-0.4, -0.2) is 16.8 Å². The highest BCUT2D eigenvalue weighted by atomic mass is 32.2. The Morgan fingerprint density at radius 2 is 2.00 bits per heavy atom. The molecule has 2 nitrogen and oxygen atoms in total. The molecule has 0 bridgehead atoms. The van der Waals surface area contributed by atoms with Gasteiger partial charge in [0.25, 0.3) is 0 Å². The van der Waals surface area contributed by atoms with Crippen LogP contribution in [-0.2, 0) is 10.5 Å². The highest BCUT2D eigenvalue weighted by Gasteiger charge is 1.97. The van der Waals surface area contributed by atoms with Gasteiger partial charge in [0.1, 0.15) is 0 Å². The van der Waals surface area contributed by atoms with Crippen molar-refractivity contribution in [1.29, 1.82) is 0 Å². The van der Waals surface area contributed by atoms with Crippen molar-refractivity contribution >= 4 is 23.8 Å². The smallest absolute Gasteiger partial charge is 0.328 e. The standard InChI is InChI=1S/C14H18O2S/c1-11(2)9-17-10-13-5-3-12(4-6-13)7-8-14(15)16/h3-8,11H,9-10H2,1-2H3,(H,15,16). The average Bonchev–Trinajstić information content (AvgIpc) is 2.27. The number of rotatable bonds is 6. The molecule has 1 aromatic carbocycles. The summed E-state index contributed by atoms with van der Waals surface area (Å²) in [6, 6.07) is 8.00. The van der Waals surface area contributed by atoms with Crippen molar-refractivity contribution in [2.75, 3.05) is 5.75 Å². The predicted octanol–water partition coefficient (Wildman–Crippen LogP) is 3.67. The Morgan fingerprint density at radius 1 is 1.35 bits per heavy atom. The molecule has 17 heavy (non-hydrogen) atoms. The van der Waals surface area contributed by atoms with E-state index in [1.54, 1.807) is 6.08 Å². The Kier molecular flexibility index (Phi) is 5.84. The quantitative estimate of drug-likeness (QED) is 0.783. The summed E-state index contributed by atoms with van der Waals surface area (Å²) in [5.74, 6) is 1.99. The van der Waals surface area contributed by atoms with E-state index in [4.69, 9.17) is 5.11 Å². The summed E-state index contributed by atoms with van der Waals surface area (Å²) < 4.78 is 0. The molecule has 0 radical (unpaired) electrons. The van der Waals surface area contributed by atoms with Crippen LogP contribution in [0.25, 0.3) is 6.08 Å². The van der Waals surface area contributed by atoms with Gasteiger partial charge < -0.3 is 5.11 Å². The summed E-state index contributed by atoms with van der Waals surface area (Å²) in [6.45, 7) is 4.43. The van der Waals surface area contributed by atoms with E-state index in [1.807, 2.05) is 23.9 Å². The van der Waals surface area contributed by atoms with Crippen molar-refractivity contribution in [3.8, 4) is 0 Å². The second kappa shape index (κ2) is 7.17. The lowest BCUT2D eigenvalue weighted by molar-refractivity contribution is -0.131. The Hall–Kier alpha value is -1.22. The molecule has 1 aromatic rings. The lowest BCUT2D eigenvalue weighted by Gasteiger charge is -2.04. The van der Waals surface area contributed by atoms with Gasteiger partial charge >= 0.3 is 5.97 Å². The minimum absolute atomic E-state index is 0.720. The van der Waals surface area contributed by atoms with Gasteiger partial charge in [0.2, 0.25) is 0 Å². The van der Waals surface area contributed by atoms with Gasteiger partial charge in [0, 0.05) is 11.8 Å². The van der Waals surface area contributed by atoms with Crippen LogP contribution >= 0.6 is 11.8 Å². The zero-order valence-electron chi connectivity index (χ0n) is 10.2. The van der Waals surface area contributed by atoms with Crippen molar-refractivity contribution in [3.05, 3.63) is 41.5 Å². The zero-order chi connectivity index (χ0) is 12.7. The lowest BCUT2D eigenvalue weighted by Crippen LogP contribution is -1.91. The topological polar surface area (TPSA) is 37.3 Å². The van der Waals surface area contributed by atoms with Crippen molar-refractivity contribution < 1.29 is 9.90 Å². The molecule has 0 aliphatic heterocycles. The Bertz CT molecular complexity index is 380. The van der Waals surface area contributed by atoms with E-state index >= 15 is 0 Å². The second-order valence-corrected chi connectivity index (χ2v) is 5.35. The van der Waals surface area contributed by atoms with Crippen LogP contribution in [0.5, 0.6) is 0 Å². The van der Waals surface area contributed by atoms with E-state index in [0.717, 1.165) is 23.3 Å². The molecule has 0 heterocycles. The maximum absolute atomic E-state index is 10.4. The van der Waals surface area contributed by atoms with Crippen LogP contribution in [0.3, 0.4) is 0 Å². The Morgan fingerprint density at radius 3 is 2.53 bits per heavy atom. The fourth-order valence-electron chi connectivity index (χ4n) is 1.30. The van der Waals surface area contributed by atoms with Gasteiger partial charge in [0.15, 0.2) is 0 Å². The first kappa shape index (κ1) is 13.8. The van der Waals surface area contributed by atoms with Crippen LogP contribution in [0.15, 0.2) is 30.3 Å². The molecule has 3 heteroatoms. The molecule has 0 saturated heterocycles. The highest BCUT2D eigenvalue weighted by Crippen LogP contribution is 2.16. The molecular formula is C14H18O2S. The molecule has 0 spiro atoms. The van der Waals surface area contributed by atoms with Crippen LogP contribution in [0.4, 0.5) is 0 Å². The van der Waals surface area contributed by atoms with E-state index in [-0.39, 0.29) is 0 Å². The third-order valence-corrected chi connectivity index (χ3v) is 3.56. The van der Waals surface area contributed by atoms with Gasteiger partial charge in [-0.25, -0.2) is 4.79 Å². The molecule has 0 aliphatic carbocycles. The number of hydrogen-bond acceptors (Lipinski definition) is 2. The number of carboxylic acids is 1. The number of carboxylic acid groups (broad SMARTS) is 1. The third-order valence-electron chi connectivity index (χ3n) is 2.12. The van der Waals surface area contributed by atoms with Crippen molar-refractivity contribution in [2.45, 2.75) is 19.6 Å². The SMILES string of the molecule is CC(C)CSCc1ccc(C=CC(=O)O)cc1. The maximum atomic E-state index is 10.4. The minimum atomic E-state index is -0.915. The normalized spacial score (nSPS) is 11.2. The van der Waals surface area contributed by atoms with Gasteiger partial charge in [-0.15, -0.1) is 0 Å². The molecule has 0 atom stereocenters. The first-order valence-corrected chi connectivity index (χ1v) is 6.81. The van der Waals surface area contributed by atoms with E-state index < -0.39 is 5.97 Å². The van der Waals surface area contributed by atoms with Gasteiger partial charge in [-0.05, 0) is 28.9 Å². The minimum Gasteiger partial charge on any atom is -0.478 e. The zero-order valence-corrected chi connectivity index (χ0v) is 11.0. The summed E-state index contributed by atoms with van der Waals surface area (Å²) in [5, 5.41) is 8.51. The van der Waals surface area contributed by atoms with E-state index in [0.29, 0.717) is 0 Å². The van der Waals surface area contributed by atoms with Gasteiger partial charge in [-0.1, -0.05) is 38.1 Å². The Balaban J connectivity index is 2.47. The van der Waals surface area contributed by atoms with Gasteiger partial charge in [-0.2, -0.15) is 11.8 Å². The molecular weight excluding hydrogens is 232 g/mol. The van der Waals surface area contributed by atoms with E-state index in [1.165, 1.54) is 11.3 Å². The highest BCUT2D eigenvalue weighted by molar-refractivity contribution is 7.98. The summed E-state index contributed by atoms with van der Waals surface area (Å²) in [6.07, 6.45) is 2.76. The number of hydrogen-bond donors (Lipinski definition) is 1. The summed E-state index contributed by atoms with van der Waals surface area (Å²) in [7, 11) is 0. The van der Waals surface area contributed by atoms with Gasteiger partial charge in [-0.3, -0.25) is 0 Å². The molecule has 1 rings (SSSR count). The molecule has 92 valence electrons. The van der Waals surface area contributed by atoms with E-state index in [2.05, 4.69) is 26.0 Å². The van der Waals surface area contributed by atoms with Crippen LogP contribution in [0.1, 0.15) is 25.0 Å². The Labute approximate surface area is 107 Å². The first-order chi connectivity index (χ1) is 8.08. The van der Waals surface area contributed by atoms with Crippen molar-refractivity contribution in [1.82, 2.24) is 0 Å². The average molecular weight is 250 g/mol. The van der Waals surface area contributed by atoms with E-state index in [9.17, 15) is 4.79 Å². The third kappa shape index (κ3) is 6.17. The number of benzene rings is 1. The fraction of sp³-hybridized carbons (Fsp3) is 0.357. The van der Waals surface area contributed by atoms with Gasteiger partial charge in [0.05, 0.1) is 0 Å². The number of thioether (sulfide) groups is 1. The first-order valence-electron chi connectivity index (χ1n) is 5.65. The molecule has 0 amide bonds. The molecule has 0 aliphatic rings. The van der Waals surface area contributed by atoms with Crippen LogP contribution < -0.4 is 0 Å². The molecule has 0 fully saturated rings.